The fourth-order valence-corrected chi connectivity index (χ4v) is 2.85. The van der Waals surface area contributed by atoms with Crippen molar-refractivity contribution in [1.29, 1.82) is 0 Å². The van der Waals surface area contributed by atoms with Crippen LogP contribution in [0, 0.1) is 11.8 Å². The average molecular weight is 270 g/mol. The standard InChI is InChI=1S/C15H17F3O/c1-2-10-7-8-11(9-10)14(19)12-5-3-4-6-13(12)15(16,17)18/h3-6,10-11H,2,7-9H2,1H3. The minimum atomic E-state index is -4.46. The highest BCUT2D eigenvalue weighted by molar-refractivity contribution is 5.99. The van der Waals surface area contributed by atoms with Gasteiger partial charge in [0.25, 0.3) is 0 Å². The highest BCUT2D eigenvalue weighted by Crippen LogP contribution is 2.38. The zero-order chi connectivity index (χ0) is 14.0. The van der Waals surface area contributed by atoms with Crippen LogP contribution in [0.25, 0.3) is 0 Å². The van der Waals surface area contributed by atoms with Gasteiger partial charge in [0, 0.05) is 11.5 Å². The van der Waals surface area contributed by atoms with Gasteiger partial charge in [-0.05, 0) is 31.2 Å². The number of carbonyl (C=O) groups excluding carboxylic acids is 1. The van der Waals surface area contributed by atoms with E-state index in [9.17, 15) is 18.0 Å². The van der Waals surface area contributed by atoms with Gasteiger partial charge in [-0.2, -0.15) is 13.2 Å². The molecule has 1 nitrogen and oxygen atoms in total. The van der Waals surface area contributed by atoms with E-state index in [1.165, 1.54) is 18.2 Å². The van der Waals surface area contributed by atoms with Crippen LogP contribution < -0.4 is 0 Å². The molecule has 104 valence electrons. The van der Waals surface area contributed by atoms with Crippen molar-refractivity contribution < 1.29 is 18.0 Å². The molecule has 0 radical (unpaired) electrons. The van der Waals surface area contributed by atoms with Gasteiger partial charge in [0.1, 0.15) is 0 Å². The third kappa shape index (κ3) is 2.99. The molecule has 1 aromatic carbocycles. The molecule has 2 rings (SSSR count). The Morgan fingerprint density at radius 3 is 2.53 bits per heavy atom. The number of hydrogen-bond donors (Lipinski definition) is 0. The van der Waals surface area contributed by atoms with E-state index in [1.807, 2.05) is 0 Å². The first-order valence-electron chi connectivity index (χ1n) is 6.64. The first kappa shape index (κ1) is 14.1. The second-order valence-electron chi connectivity index (χ2n) is 5.19. The molecule has 0 amide bonds. The van der Waals surface area contributed by atoms with E-state index >= 15 is 0 Å². The molecular formula is C15H17F3O. The van der Waals surface area contributed by atoms with E-state index in [-0.39, 0.29) is 17.3 Å². The summed E-state index contributed by atoms with van der Waals surface area (Å²) in [5.74, 6) is -0.107. The van der Waals surface area contributed by atoms with Crippen LogP contribution in [0.2, 0.25) is 0 Å². The molecule has 0 spiro atoms. The number of Topliss-reactive ketones (excluding diaryl/α,β-unsaturated/α-hetero) is 1. The van der Waals surface area contributed by atoms with Crippen molar-refractivity contribution in [3.63, 3.8) is 0 Å². The molecule has 0 aliphatic heterocycles. The molecule has 4 heteroatoms. The maximum absolute atomic E-state index is 12.9. The van der Waals surface area contributed by atoms with Gasteiger partial charge >= 0.3 is 6.18 Å². The van der Waals surface area contributed by atoms with Gasteiger partial charge < -0.3 is 0 Å². The first-order valence-corrected chi connectivity index (χ1v) is 6.64. The minimum Gasteiger partial charge on any atom is -0.294 e. The summed E-state index contributed by atoms with van der Waals surface area (Å²) in [5, 5.41) is 0. The lowest BCUT2D eigenvalue weighted by Crippen LogP contribution is -2.18. The maximum atomic E-state index is 12.9. The zero-order valence-corrected chi connectivity index (χ0v) is 10.8. The molecule has 2 atom stereocenters. The number of halogens is 3. The molecule has 1 aromatic rings. The molecule has 0 N–H and O–H groups in total. The van der Waals surface area contributed by atoms with Crippen molar-refractivity contribution in [2.45, 2.75) is 38.8 Å². The van der Waals surface area contributed by atoms with Gasteiger partial charge in [0.15, 0.2) is 5.78 Å². The van der Waals surface area contributed by atoms with E-state index in [1.54, 1.807) is 0 Å². The monoisotopic (exact) mass is 270 g/mol. The smallest absolute Gasteiger partial charge is 0.294 e. The van der Waals surface area contributed by atoms with Crippen molar-refractivity contribution in [2.75, 3.05) is 0 Å². The van der Waals surface area contributed by atoms with Crippen molar-refractivity contribution in [3.05, 3.63) is 35.4 Å². The minimum absolute atomic E-state index is 0.170. The fourth-order valence-electron chi connectivity index (χ4n) is 2.85. The van der Waals surface area contributed by atoms with Crippen LogP contribution in [-0.4, -0.2) is 5.78 Å². The van der Waals surface area contributed by atoms with Crippen LogP contribution in [0.3, 0.4) is 0 Å². The van der Waals surface area contributed by atoms with Crippen LogP contribution in [-0.2, 0) is 6.18 Å². The van der Waals surface area contributed by atoms with Crippen molar-refractivity contribution >= 4 is 5.78 Å². The Morgan fingerprint density at radius 1 is 1.26 bits per heavy atom. The molecule has 1 saturated carbocycles. The van der Waals surface area contributed by atoms with Crippen LogP contribution in [0.5, 0.6) is 0 Å². The van der Waals surface area contributed by atoms with Crippen molar-refractivity contribution in [2.24, 2.45) is 11.8 Å². The van der Waals surface area contributed by atoms with Crippen LogP contribution in [0.1, 0.15) is 48.5 Å². The van der Waals surface area contributed by atoms with E-state index < -0.39 is 11.7 Å². The van der Waals surface area contributed by atoms with E-state index in [4.69, 9.17) is 0 Å². The Balaban J connectivity index is 2.25. The maximum Gasteiger partial charge on any atom is 0.417 e. The van der Waals surface area contributed by atoms with E-state index in [2.05, 4.69) is 6.92 Å². The summed E-state index contributed by atoms with van der Waals surface area (Å²) in [7, 11) is 0. The molecule has 1 aliphatic carbocycles. The van der Waals surface area contributed by atoms with Gasteiger partial charge in [0.05, 0.1) is 5.56 Å². The molecule has 2 unspecified atom stereocenters. The molecule has 1 fully saturated rings. The summed E-state index contributed by atoms with van der Waals surface area (Å²) in [6, 6.07) is 5.10. The molecule has 0 heterocycles. The lowest BCUT2D eigenvalue weighted by Gasteiger charge is -2.15. The second kappa shape index (κ2) is 5.35. The zero-order valence-electron chi connectivity index (χ0n) is 10.8. The normalized spacial score (nSPS) is 23.6. The Bertz CT molecular complexity index is 465. The Morgan fingerprint density at radius 2 is 1.95 bits per heavy atom. The van der Waals surface area contributed by atoms with Gasteiger partial charge in [0.2, 0.25) is 0 Å². The lowest BCUT2D eigenvalue weighted by atomic mass is 9.91. The topological polar surface area (TPSA) is 17.1 Å². The number of benzene rings is 1. The third-order valence-electron chi connectivity index (χ3n) is 3.99. The predicted molar refractivity (Wildman–Crippen MR) is 66.9 cm³/mol. The molecule has 0 aromatic heterocycles. The van der Waals surface area contributed by atoms with Crippen molar-refractivity contribution in [1.82, 2.24) is 0 Å². The Kier molecular flexibility index (Phi) is 3.97. The Hall–Kier alpha value is -1.32. The van der Waals surface area contributed by atoms with Gasteiger partial charge in [-0.25, -0.2) is 0 Å². The third-order valence-corrected chi connectivity index (χ3v) is 3.99. The van der Waals surface area contributed by atoms with Gasteiger partial charge in [-0.15, -0.1) is 0 Å². The van der Waals surface area contributed by atoms with Crippen LogP contribution in [0.15, 0.2) is 24.3 Å². The second-order valence-corrected chi connectivity index (χ2v) is 5.19. The first-order chi connectivity index (χ1) is 8.93. The van der Waals surface area contributed by atoms with Gasteiger partial charge in [-0.1, -0.05) is 31.5 Å². The highest BCUT2D eigenvalue weighted by Gasteiger charge is 2.37. The number of alkyl halides is 3. The number of hydrogen-bond acceptors (Lipinski definition) is 1. The predicted octanol–water partition coefficient (Wildman–Crippen LogP) is 4.71. The average Bonchev–Trinajstić information content (AvgIpc) is 2.85. The molecule has 0 bridgehead atoms. The molecule has 19 heavy (non-hydrogen) atoms. The summed E-state index contributed by atoms with van der Waals surface area (Å²) in [6.45, 7) is 2.06. The quantitative estimate of drug-likeness (QED) is 0.727. The Labute approximate surface area is 110 Å². The number of rotatable bonds is 3. The summed E-state index contributed by atoms with van der Waals surface area (Å²) in [6.07, 6.45) is -1.09. The van der Waals surface area contributed by atoms with Crippen molar-refractivity contribution in [3.8, 4) is 0 Å². The van der Waals surface area contributed by atoms with E-state index in [0.29, 0.717) is 12.3 Å². The summed E-state index contributed by atoms with van der Waals surface area (Å²) < 4.78 is 38.7. The van der Waals surface area contributed by atoms with Gasteiger partial charge in [-0.3, -0.25) is 4.79 Å². The highest BCUT2D eigenvalue weighted by atomic mass is 19.4. The largest absolute Gasteiger partial charge is 0.417 e. The van der Waals surface area contributed by atoms with Crippen LogP contribution >= 0.6 is 0 Å². The fraction of sp³-hybridized carbons (Fsp3) is 0.533. The molecule has 0 saturated heterocycles. The summed E-state index contributed by atoms with van der Waals surface area (Å²) in [5.41, 5.74) is -0.975. The molecular weight excluding hydrogens is 253 g/mol. The van der Waals surface area contributed by atoms with E-state index in [0.717, 1.165) is 25.3 Å². The van der Waals surface area contributed by atoms with Crippen LogP contribution in [0.4, 0.5) is 13.2 Å². The summed E-state index contributed by atoms with van der Waals surface area (Å²) >= 11 is 0. The SMILES string of the molecule is CCC1CCC(C(=O)c2ccccc2C(F)(F)F)C1. The summed E-state index contributed by atoms with van der Waals surface area (Å²) in [4.78, 5) is 12.3. The molecule has 1 aliphatic rings. The number of ketones is 1. The lowest BCUT2D eigenvalue weighted by molar-refractivity contribution is -0.137. The number of carbonyl (C=O) groups is 1.